The molecule has 0 bridgehead atoms. The Labute approximate surface area is 140 Å². The molecule has 0 aromatic carbocycles. The van der Waals surface area contributed by atoms with E-state index in [4.69, 9.17) is 0 Å². The monoisotopic (exact) mass is 350 g/mol. The topological polar surface area (TPSA) is 60.7 Å². The van der Waals surface area contributed by atoms with E-state index >= 15 is 0 Å². The van der Waals surface area contributed by atoms with E-state index in [0.29, 0.717) is 10.9 Å². The van der Waals surface area contributed by atoms with E-state index in [1.54, 1.807) is 16.0 Å². The Bertz CT molecular complexity index is 748. The van der Waals surface area contributed by atoms with E-state index in [1.165, 1.54) is 28.0 Å². The van der Waals surface area contributed by atoms with Crippen molar-refractivity contribution >= 4 is 40.2 Å². The highest BCUT2D eigenvalue weighted by Gasteiger charge is 2.13. The van der Waals surface area contributed by atoms with Crippen LogP contribution in [0, 0.1) is 6.92 Å². The number of aromatic nitrogens is 4. The molecule has 3 aromatic rings. The third kappa shape index (κ3) is 3.82. The zero-order valence-electron chi connectivity index (χ0n) is 11.9. The van der Waals surface area contributed by atoms with Crippen LogP contribution in [-0.2, 0) is 13.0 Å². The quantitative estimate of drug-likeness (QED) is 0.483. The minimum Gasteiger partial charge on any atom is -0.292 e. The molecule has 5 nitrogen and oxygen atoms in total. The third-order valence-corrected chi connectivity index (χ3v) is 5.93. The van der Waals surface area contributed by atoms with Gasteiger partial charge < -0.3 is 0 Å². The lowest BCUT2D eigenvalue weighted by molar-refractivity contribution is 0.102. The van der Waals surface area contributed by atoms with Crippen LogP contribution in [0.3, 0.4) is 0 Å². The summed E-state index contributed by atoms with van der Waals surface area (Å²) in [5.74, 6) is 0.482. The van der Waals surface area contributed by atoms with Crippen molar-refractivity contribution in [1.82, 2.24) is 20.2 Å². The number of carbonyl (C=O) groups is 1. The number of nitrogens with zero attached hydrogens (tertiary/aromatic N) is 4. The van der Waals surface area contributed by atoms with Gasteiger partial charge in [-0.05, 0) is 40.9 Å². The van der Waals surface area contributed by atoms with Crippen molar-refractivity contribution in [1.29, 1.82) is 0 Å². The maximum Gasteiger partial charge on any atom is 0.209 e. The average Bonchev–Trinajstić information content (AvgIpc) is 3.24. The van der Waals surface area contributed by atoms with Crippen LogP contribution in [0.2, 0.25) is 0 Å². The second-order valence-corrected chi connectivity index (χ2v) is 7.90. The first-order valence-electron chi connectivity index (χ1n) is 6.73. The molecule has 22 heavy (non-hydrogen) atoms. The lowest BCUT2D eigenvalue weighted by Crippen LogP contribution is -2.06. The SMILES string of the molecule is Cc1ccc(C(=O)CSc2nnnn2CCc2cccs2)s1. The van der Waals surface area contributed by atoms with Crippen LogP contribution in [0.4, 0.5) is 0 Å². The molecule has 0 radical (unpaired) electrons. The number of thiophene rings is 2. The van der Waals surface area contributed by atoms with Crippen LogP contribution in [0.1, 0.15) is 19.4 Å². The Hall–Kier alpha value is -1.51. The number of carbonyl (C=O) groups excluding carboxylic acids is 1. The highest BCUT2D eigenvalue weighted by Crippen LogP contribution is 2.21. The van der Waals surface area contributed by atoms with Crippen LogP contribution >= 0.6 is 34.4 Å². The van der Waals surface area contributed by atoms with Crippen LogP contribution in [0.5, 0.6) is 0 Å². The van der Waals surface area contributed by atoms with Gasteiger partial charge in [0, 0.05) is 16.2 Å². The van der Waals surface area contributed by atoms with Gasteiger partial charge in [-0.2, -0.15) is 0 Å². The summed E-state index contributed by atoms with van der Waals surface area (Å²) >= 11 is 4.64. The number of thioether (sulfide) groups is 1. The molecule has 0 atom stereocenters. The number of aryl methyl sites for hydroxylation is 3. The predicted octanol–water partition coefficient (Wildman–Crippen LogP) is 3.32. The number of ketones is 1. The fourth-order valence-corrected chi connectivity index (χ4v) is 4.28. The molecule has 0 fully saturated rings. The lowest BCUT2D eigenvalue weighted by atomic mass is 10.3. The standard InChI is InChI=1S/C14H14N4OS3/c1-10-4-5-13(22-10)12(19)9-21-14-15-16-17-18(14)7-6-11-3-2-8-20-11/h2-5,8H,6-7,9H2,1H3. The summed E-state index contributed by atoms with van der Waals surface area (Å²) in [7, 11) is 0. The molecule has 0 aliphatic carbocycles. The van der Waals surface area contributed by atoms with E-state index in [1.807, 2.05) is 25.1 Å². The molecule has 0 N–H and O–H groups in total. The highest BCUT2D eigenvalue weighted by atomic mass is 32.2. The van der Waals surface area contributed by atoms with Gasteiger partial charge in [-0.25, -0.2) is 4.68 Å². The smallest absolute Gasteiger partial charge is 0.209 e. The number of hydrogen-bond acceptors (Lipinski definition) is 7. The second-order valence-electron chi connectivity index (χ2n) is 4.64. The first-order valence-corrected chi connectivity index (χ1v) is 9.41. The van der Waals surface area contributed by atoms with Gasteiger partial charge in [0.2, 0.25) is 5.16 Å². The van der Waals surface area contributed by atoms with Gasteiger partial charge in [0.1, 0.15) is 0 Å². The van der Waals surface area contributed by atoms with E-state index in [-0.39, 0.29) is 5.78 Å². The van der Waals surface area contributed by atoms with Crippen molar-refractivity contribution in [3.63, 3.8) is 0 Å². The van der Waals surface area contributed by atoms with E-state index < -0.39 is 0 Å². The summed E-state index contributed by atoms with van der Waals surface area (Å²) < 4.78 is 1.76. The molecule has 3 aromatic heterocycles. The zero-order chi connectivity index (χ0) is 15.4. The van der Waals surface area contributed by atoms with Crippen LogP contribution in [-0.4, -0.2) is 31.7 Å². The lowest BCUT2D eigenvalue weighted by Gasteiger charge is -2.02. The molecular weight excluding hydrogens is 336 g/mol. The van der Waals surface area contributed by atoms with Crippen molar-refractivity contribution in [3.8, 4) is 0 Å². The molecule has 0 aliphatic heterocycles. The molecule has 0 amide bonds. The molecule has 3 heterocycles. The van der Waals surface area contributed by atoms with Gasteiger partial charge in [-0.3, -0.25) is 4.79 Å². The molecular formula is C14H14N4OS3. The summed E-state index contributed by atoms with van der Waals surface area (Å²) in [6.07, 6.45) is 0.897. The molecule has 3 rings (SSSR count). The number of tetrazole rings is 1. The van der Waals surface area contributed by atoms with Gasteiger partial charge in [0.15, 0.2) is 5.78 Å². The Morgan fingerprint density at radius 3 is 3.00 bits per heavy atom. The van der Waals surface area contributed by atoms with Gasteiger partial charge in [-0.15, -0.1) is 27.8 Å². The fraction of sp³-hybridized carbons (Fsp3) is 0.286. The van der Waals surface area contributed by atoms with Crippen molar-refractivity contribution in [3.05, 3.63) is 44.3 Å². The molecule has 0 unspecified atom stereocenters. The number of Topliss-reactive ketones (excluding diaryl/α,β-unsaturated/α-hetero) is 1. The van der Waals surface area contributed by atoms with Crippen molar-refractivity contribution in [2.75, 3.05) is 5.75 Å². The van der Waals surface area contributed by atoms with E-state index in [0.717, 1.165) is 22.7 Å². The van der Waals surface area contributed by atoms with Crippen molar-refractivity contribution < 1.29 is 4.79 Å². The minimum atomic E-state index is 0.121. The van der Waals surface area contributed by atoms with Gasteiger partial charge in [0.25, 0.3) is 0 Å². The maximum atomic E-state index is 12.1. The minimum absolute atomic E-state index is 0.121. The maximum absolute atomic E-state index is 12.1. The van der Waals surface area contributed by atoms with Gasteiger partial charge in [0.05, 0.1) is 17.2 Å². The molecule has 0 aliphatic rings. The largest absolute Gasteiger partial charge is 0.292 e. The summed E-state index contributed by atoms with van der Waals surface area (Å²) in [5.41, 5.74) is 0. The number of hydrogen-bond donors (Lipinski definition) is 0. The molecule has 8 heteroatoms. The van der Waals surface area contributed by atoms with E-state index in [2.05, 4.69) is 27.0 Å². The number of rotatable bonds is 7. The highest BCUT2D eigenvalue weighted by molar-refractivity contribution is 7.99. The first kappa shape index (κ1) is 15.4. The Morgan fingerprint density at radius 2 is 2.27 bits per heavy atom. The van der Waals surface area contributed by atoms with Crippen LogP contribution in [0.15, 0.2) is 34.8 Å². The Kier molecular flexibility index (Phi) is 5.01. The fourth-order valence-electron chi connectivity index (χ4n) is 1.90. The van der Waals surface area contributed by atoms with Crippen molar-refractivity contribution in [2.24, 2.45) is 0 Å². The zero-order valence-corrected chi connectivity index (χ0v) is 14.4. The Balaban J connectivity index is 1.56. The van der Waals surface area contributed by atoms with Crippen LogP contribution < -0.4 is 0 Å². The second kappa shape index (κ2) is 7.17. The summed E-state index contributed by atoms with van der Waals surface area (Å²) in [6, 6.07) is 7.98. The van der Waals surface area contributed by atoms with Crippen molar-refractivity contribution in [2.45, 2.75) is 25.0 Å². The molecule has 114 valence electrons. The molecule has 0 saturated carbocycles. The van der Waals surface area contributed by atoms with Crippen LogP contribution in [0.25, 0.3) is 0 Å². The predicted molar refractivity (Wildman–Crippen MR) is 90.0 cm³/mol. The molecule has 0 spiro atoms. The van der Waals surface area contributed by atoms with Gasteiger partial charge in [-0.1, -0.05) is 17.8 Å². The van der Waals surface area contributed by atoms with Gasteiger partial charge >= 0.3 is 0 Å². The third-order valence-electron chi connectivity index (χ3n) is 3.00. The Morgan fingerprint density at radius 1 is 1.36 bits per heavy atom. The summed E-state index contributed by atoms with van der Waals surface area (Å²) in [6.45, 7) is 2.72. The summed E-state index contributed by atoms with van der Waals surface area (Å²) in [5, 5.41) is 14.5. The normalized spacial score (nSPS) is 11.0. The van der Waals surface area contributed by atoms with E-state index in [9.17, 15) is 4.79 Å². The first-order chi connectivity index (χ1) is 10.7. The average molecular weight is 350 g/mol. The molecule has 0 saturated heterocycles. The summed E-state index contributed by atoms with van der Waals surface area (Å²) in [4.78, 5) is 15.4.